The molecule has 0 amide bonds. The van der Waals surface area contributed by atoms with Gasteiger partial charge in [0.05, 0.1) is 12.7 Å². The van der Waals surface area contributed by atoms with E-state index in [0.717, 1.165) is 64.4 Å². The molecule has 3 atom stereocenters. The van der Waals surface area contributed by atoms with Crippen molar-refractivity contribution in [3.8, 4) is 0 Å². The quantitative estimate of drug-likeness (QED) is 0.360. The van der Waals surface area contributed by atoms with E-state index in [2.05, 4.69) is 40.9 Å². The largest absolute Gasteiger partial charge is 0.381 e. The second-order valence-corrected chi connectivity index (χ2v) is 9.51. The van der Waals surface area contributed by atoms with E-state index in [1.165, 1.54) is 25.8 Å². The van der Waals surface area contributed by atoms with Gasteiger partial charge in [-0.2, -0.15) is 0 Å². The zero-order valence-corrected chi connectivity index (χ0v) is 20.6. The van der Waals surface area contributed by atoms with Crippen molar-refractivity contribution in [2.45, 2.75) is 46.1 Å². The fraction of sp³-hybridized carbons (Fsp3) is 0.952. The van der Waals surface area contributed by atoms with Gasteiger partial charge in [0, 0.05) is 65.4 Å². The SMILES string of the molecule is CN=C(NCC1CCCOC1C(C)(C)C)N1CCN(CC2CCOC2)CC1.I. The van der Waals surface area contributed by atoms with Crippen LogP contribution in [0.1, 0.15) is 40.0 Å². The number of guanidine groups is 1. The number of nitrogens with one attached hydrogen (secondary N) is 1. The summed E-state index contributed by atoms with van der Waals surface area (Å²) in [6.45, 7) is 16.2. The van der Waals surface area contributed by atoms with Crippen molar-refractivity contribution in [1.29, 1.82) is 0 Å². The van der Waals surface area contributed by atoms with Crippen LogP contribution in [0.3, 0.4) is 0 Å². The first-order valence-electron chi connectivity index (χ1n) is 10.8. The molecule has 0 aromatic carbocycles. The molecule has 3 heterocycles. The number of ether oxygens (including phenoxy) is 2. The van der Waals surface area contributed by atoms with Crippen LogP contribution < -0.4 is 5.32 Å². The minimum absolute atomic E-state index is 0. The summed E-state index contributed by atoms with van der Waals surface area (Å²) in [7, 11) is 1.91. The fourth-order valence-corrected chi connectivity index (χ4v) is 4.80. The highest BCUT2D eigenvalue weighted by Crippen LogP contribution is 2.33. The highest BCUT2D eigenvalue weighted by Gasteiger charge is 2.35. The average molecular weight is 508 g/mol. The molecular formula is C21H41IN4O2. The van der Waals surface area contributed by atoms with Gasteiger partial charge >= 0.3 is 0 Å². The molecule has 0 saturated carbocycles. The Balaban J connectivity index is 0.00000280. The lowest BCUT2D eigenvalue weighted by Gasteiger charge is -2.41. The van der Waals surface area contributed by atoms with Gasteiger partial charge in [0.15, 0.2) is 5.96 Å². The van der Waals surface area contributed by atoms with Crippen LogP contribution in [0.15, 0.2) is 4.99 Å². The monoisotopic (exact) mass is 508 g/mol. The van der Waals surface area contributed by atoms with E-state index in [4.69, 9.17) is 9.47 Å². The Hall–Kier alpha value is -0.120. The number of hydrogen-bond donors (Lipinski definition) is 1. The van der Waals surface area contributed by atoms with Crippen LogP contribution >= 0.6 is 24.0 Å². The van der Waals surface area contributed by atoms with Crippen molar-refractivity contribution in [3.63, 3.8) is 0 Å². The Morgan fingerprint density at radius 2 is 1.86 bits per heavy atom. The van der Waals surface area contributed by atoms with E-state index in [0.29, 0.717) is 12.0 Å². The first-order chi connectivity index (χ1) is 13.0. The van der Waals surface area contributed by atoms with Gasteiger partial charge in [-0.15, -0.1) is 24.0 Å². The maximum absolute atomic E-state index is 6.13. The molecule has 3 aliphatic rings. The topological polar surface area (TPSA) is 49.3 Å². The summed E-state index contributed by atoms with van der Waals surface area (Å²) < 4.78 is 11.7. The van der Waals surface area contributed by atoms with Gasteiger partial charge in [-0.1, -0.05) is 20.8 Å². The number of halogens is 1. The van der Waals surface area contributed by atoms with Gasteiger partial charge in [0.25, 0.3) is 0 Å². The van der Waals surface area contributed by atoms with Crippen LogP contribution in [0.5, 0.6) is 0 Å². The highest BCUT2D eigenvalue weighted by atomic mass is 127. The van der Waals surface area contributed by atoms with Gasteiger partial charge in [0.2, 0.25) is 0 Å². The molecule has 1 N–H and O–H groups in total. The van der Waals surface area contributed by atoms with E-state index in [1.54, 1.807) is 0 Å². The lowest BCUT2D eigenvalue weighted by Crippen LogP contribution is -2.54. The lowest BCUT2D eigenvalue weighted by atomic mass is 9.78. The summed E-state index contributed by atoms with van der Waals surface area (Å²) in [6.07, 6.45) is 3.95. The third-order valence-corrected chi connectivity index (χ3v) is 6.24. The summed E-state index contributed by atoms with van der Waals surface area (Å²) in [6, 6.07) is 0. The standard InChI is InChI=1S/C21H40N4O2.HI/c1-21(2,3)19-18(6-5-12-27-19)14-23-20(22-4)25-10-8-24(9-11-25)15-17-7-13-26-16-17;/h17-19H,5-16H2,1-4H3,(H,22,23);1H. The molecule has 0 aromatic heterocycles. The van der Waals surface area contributed by atoms with Crippen molar-refractivity contribution < 1.29 is 9.47 Å². The predicted molar refractivity (Wildman–Crippen MR) is 126 cm³/mol. The minimum Gasteiger partial charge on any atom is -0.381 e. The van der Waals surface area contributed by atoms with Gasteiger partial charge < -0.3 is 19.7 Å². The molecule has 3 aliphatic heterocycles. The first kappa shape index (κ1) is 24.2. The number of nitrogens with zero attached hydrogens (tertiary/aromatic N) is 3. The maximum atomic E-state index is 6.13. The Labute approximate surface area is 188 Å². The van der Waals surface area contributed by atoms with Crippen LogP contribution in [0.2, 0.25) is 0 Å². The Kier molecular flexibility index (Phi) is 9.76. The van der Waals surface area contributed by atoms with E-state index in [1.807, 2.05) is 7.05 Å². The molecule has 3 unspecified atom stereocenters. The van der Waals surface area contributed by atoms with E-state index in [9.17, 15) is 0 Å². The molecule has 0 radical (unpaired) electrons. The average Bonchev–Trinajstić information content (AvgIpc) is 3.16. The summed E-state index contributed by atoms with van der Waals surface area (Å²) in [4.78, 5) is 9.57. The molecule has 6 nitrogen and oxygen atoms in total. The molecule has 7 heteroatoms. The summed E-state index contributed by atoms with van der Waals surface area (Å²) in [5, 5.41) is 3.66. The van der Waals surface area contributed by atoms with Gasteiger partial charge in [0.1, 0.15) is 0 Å². The zero-order chi connectivity index (χ0) is 19.3. The van der Waals surface area contributed by atoms with Crippen molar-refractivity contribution in [2.75, 3.05) is 66.1 Å². The van der Waals surface area contributed by atoms with E-state index < -0.39 is 0 Å². The number of piperazine rings is 1. The van der Waals surface area contributed by atoms with Crippen LogP contribution in [0, 0.1) is 17.3 Å². The molecule has 0 bridgehead atoms. The lowest BCUT2D eigenvalue weighted by molar-refractivity contribution is -0.0836. The normalized spacial score (nSPS) is 30.2. The number of rotatable bonds is 4. The molecule has 0 aliphatic carbocycles. The van der Waals surface area contributed by atoms with E-state index in [-0.39, 0.29) is 29.4 Å². The molecule has 0 spiro atoms. The van der Waals surface area contributed by atoms with Crippen molar-refractivity contribution in [2.24, 2.45) is 22.2 Å². The van der Waals surface area contributed by atoms with Gasteiger partial charge in [-0.25, -0.2) is 0 Å². The fourth-order valence-electron chi connectivity index (χ4n) is 4.80. The third kappa shape index (κ3) is 6.71. The van der Waals surface area contributed by atoms with Crippen molar-refractivity contribution in [3.05, 3.63) is 0 Å². The van der Waals surface area contributed by atoms with Crippen molar-refractivity contribution in [1.82, 2.24) is 15.1 Å². The Morgan fingerprint density at radius 1 is 1.11 bits per heavy atom. The second-order valence-electron chi connectivity index (χ2n) is 9.51. The molecule has 0 aromatic rings. The maximum Gasteiger partial charge on any atom is 0.193 e. The Morgan fingerprint density at radius 3 is 2.46 bits per heavy atom. The summed E-state index contributed by atoms with van der Waals surface area (Å²) >= 11 is 0. The first-order valence-corrected chi connectivity index (χ1v) is 10.8. The molecule has 3 fully saturated rings. The van der Waals surface area contributed by atoms with Gasteiger partial charge in [-0.3, -0.25) is 9.89 Å². The molecule has 28 heavy (non-hydrogen) atoms. The molecular weight excluding hydrogens is 467 g/mol. The van der Waals surface area contributed by atoms with Crippen molar-refractivity contribution >= 4 is 29.9 Å². The molecule has 3 saturated heterocycles. The minimum atomic E-state index is 0. The predicted octanol–water partition coefficient (Wildman–Crippen LogP) is 2.68. The van der Waals surface area contributed by atoms with Crippen LogP contribution in [0.25, 0.3) is 0 Å². The smallest absolute Gasteiger partial charge is 0.193 e. The van der Waals surface area contributed by atoms with Crippen LogP contribution in [0.4, 0.5) is 0 Å². The third-order valence-electron chi connectivity index (χ3n) is 6.24. The number of aliphatic imine (C=N–C) groups is 1. The molecule has 164 valence electrons. The highest BCUT2D eigenvalue weighted by molar-refractivity contribution is 14.0. The van der Waals surface area contributed by atoms with Gasteiger partial charge in [-0.05, 0) is 30.6 Å². The molecule has 3 rings (SSSR count). The zero-order valence-electron chi connectivity index (χ0n) is 18.3. The number of hydrogen-bond acceptors (Lipinski definition) is 4. The van der Waals surface area contributed by atoms with E-state index >= 15 is 0 Å². The summed E-state index contributed by atoms with van der Waals surface area (Å²) in [5.74, 6) is 2.34. The Bertz CT molecular complexity index is 483. The summed E-state index contributed by atoms with van der Waals surface area (Å²) in [5.41, 5.74) is 0.186. The van der Waals surface area contributed by atoms with Crippen LogP contribution in [-0.2, 0) is 9.47 Å². The van der Waals surface area contributed by atoms with Crippen LogP contribution in [-0.4, -0.2) is 88.0 Å². The second kappa shape index (κ2) is 11.3.